The molecular weight excluding hydrogens is 300 g/mol. The average molecular weight is 316 g/mol. The molecule has 0 N–H and O–H groups in total. The second-order valence-corrected chi connectivity index (χ2v) is 5.48. The molecular formula is C17H16O4S. The number of hydrogen-bond acceptors (Lipinski definition) is 5. The second kappa shape index (κ2) is 7.66. The highest BCUT2D eigenvalue weighted by Gasteiger charge is 2.11. The van der Waals surface area contributed by atoms with Gasteiger partial charge in [-0.15, -0.1) is 11.8 Å². The Morgan fingerprint density at radius 3 is 2.18 bits per heavy atom. The smallest absolute Gasteiger partial charge is 0.338 e. The van der Waals surface area contributed by atoms with Crippen LogP contribution in [-0.2, 0) is 15.2 Å². The average Bonchev–Trinajstić information content (AvgIpc) is 2.59. The highest BCUT2D eigenvalue weighted by Crippen LogP contribution is 2.26. The minimum absolute atomic E-state index is 0.343. The molecule has 0 spiro atoms. The van der Waals surface area contributed by atoms with Gasteiger partial charge in [-0.3, -0.25) is 0 Å². The lowest BCUT2D eigenvalue weighted by Gasteiger charge is -2.07. The highest BCUT2D eigenvalue weighted by molar-refractivity contribution is 7.98. The van der Waals surface area contributed by atoms with Gasteiger partial charge in [0.15, 0.2) is 0 Å². The molecule has 2 rings (SSSR count). The van der Waals surface area contributed by atoms with Gasteiger partial charge in [0.2, 0.25) is 0 Å². The van der Waals surface area contributed by atoms with Gasteiger partial charge in [-0.05, 0) is 29.8 Å². The summed E-state index contributed by atoms with van der Waals surface area (Å²) in [4.78, 5) is 24.0. The molecule has 5 heteroatoms. The number of thioether (sulfide) groups is 1. The molecule has 22 heavy (non-hydrogen) atoms. The van der Waals surface area contributed by atoms with E-state index < -0.39 is 0 Å². The third-order valence-electron chi connectivity index (χ3n) is 3.06. The molecule has 0 aliphatic heterocycles. The molecule has 2 aromatic carbocycles. The molecule has 0 heterocycles. The number of ether oxygens (including phenoxy) is 2. The Balaban J connectivity index is 2.07. The molecule has 0 amide bonds. The van der Waals surface area contributed by atoms with Crippen molar-refractivity contribution in [2.75, 3.05) is 14.2 Å². The van der Waals surface area contributed by atoms with Gasteiger partial charge in [-0.1, -0.05) is 24.3 Å². The molecule has 0 saturated carbocycles. The molecule has 0 fully saturated rings. The van der Waals surface area contributed by atoms with E-state index in [9.17, 15) is 9.59 Å². The SMILES string of the molecule is COC(=O)c1ccc(CSc2ccccc2C(=O)OC)cc1. The number of hydrogen-bond donors (Lipinski definition) is 0. The summed E-state index contributed by atoms with van der Waals surface area (Å²) >= 11 is 1.55. The fourth-order valence-electron chi connectivity index (χ4n) is 1.89. The molecule has 0 unspecified atom stereocenters. The number of benzene rings is 2. The normalized spacial score (nSPS) is 10.1. The zero-order valence-corrected chi connectivity index (χ0v) is 13.2. The quantitative estimate of drug-likeness (QED) is 0.623. The topological polar surface area (TPSA) is 52.6 Å². The van der Waals surface area contributed by atoms with E-state index in [1.54, 1.807) is 30.0 Å². The Labute approximate surface area is 133 Å². The summed E-state index contributed by atoms with van der Waals surface area (Å²) in [6, 6.07) is 14.5. The van der Waals surface area contributed by atoms with Crippen molar-refractivity contribution in [3.05, 3.63) is 65.2 Å². The van der Waals surface area contributed by atoms with E-state index in [0.717, 1.165) is 10.5 Å². The van der Waals surface area contributed by atoms with Crippen molar-refractivity contribution in [1.82, 2.24) is 0 Å². The van der Waals surface area contributed by atoms with E-state index in [0.29, 0.717) is 16.9 Å². The lowest BCUT2D eigenvalue weighted by Crippen LogP contribution is -2.03. The van der Waals surface area contributed by atoms with Gasteiger partial charge < -0.3 is 9.47 Å². The van der Waals surface area contributed by atoms with Crippen molar-refractivity contribution in [3.8, 4) is 0 Å². The van der Waals surface area contributed by atoms with E-state index in [1.165, 1.54) is 14.2 Å². The number of methoxy groups -OCH3 is 2. The van der Waals surface area contributed by atoms with Crippen LogP contribution >= 0.6 is 11.8 Å². The van der Waals surface area contributed by atoms with E-state index in [4.69, 9.17) is 4.74 Å². The lowest BCUT2D eigenvalue weighted by molar-refractivity contribution is 0.0589. The van der Waals surface area contributed by atoms with Gasteiger partial charge in [0, 0.05) is 10.6 Å². The van der Waals surface area contributed by atoms with Crippen LogP contribution in [0.25, 0.3) is 0 Å². The summed E-state index contributed by atoms with van der Waals surface area (Å²) in [5.74, 6) is -0.00508. The van der Waals surface area contributed by atoms with Crippen LogP contribution in [-0.4, -0.2) is 26.2 Å². The molecule has 0 aliphatic carbocycles. The number of carbonyl (C=O) groups excluding carboxylic acids is 2. The maximum absolute atomic E-state index is 11.7. The molecule has 0 aliphatic rings. The van der Waals surface area contributed by atoms with Crippen molar-refractivity contribution in [1.29, 1.82) is 0 Å². The number of carbonyl (C=O) groups is 2. The molecule has 4 nitrogen and oxygen atoms in total. The Kier molecular flexibility index (Phi) is 5.61. The fourth-order valence-corrected chi connectivity index (χ4v) is 2.88. The van der Waals surface area contributed by atoms with Gasteiger partial charge in [0.05, 0.1) is 25.3 Å². The molecule has 0 atom stereocenters. The molecule has 0 radical (unpaired) electrons. The van der Waals surface area contributed by atoms with Crippen LogP contribution in [0.15, 0.2) is 53.4 Å². The van der Waals surface area contributed by atoms with Gasteiger partial charge in [0.1, 0.15) is 0 Å². The first-order chi connectivity index (χ1) is 10.7. The Hall–Kier alpha value is -2.27. The maximum Gasteiger partial charge on any atom is 0.338 e. The van der Waals surface area contributed by atoms with Crippen LogP contribution in [0, 0.1) is 0 Å². The summed E-state index contributed by atoms with van der Waals surface area (Å²) in [6.45, 7) is 0. The lowest BCUT2D eigenvalue weighted by atomic mass is 10.1. The molecule has 0 aromatic heterocycles. The van der Waals surface area contributed by atoms with Crippen LogP contribution in [0.4, 0.5) is 0 Å². The van der Waals surface area contributed by atoms with Crippen LogP contribution in [0.2, 0.25) is 0 Å². The molecule has 2 aromatic rings. The first-order valence-corrected chi connectivity index (χ1v) is 7.61. The van der Waals surface area contributed by atoms with Crippen molar-refractivity contribution < 1.29 is 19.1 Å². The Morgan fingerprint density at radius 2 is 1.55 bits per heavy atom. The van der Waals surface area contributed by atoms with Crippen molar-refractivity contribution >= 4 is 23.7 Å². The predicted molar refractivity (Wildman–Crippen MR) is 85.1 cm³/mol. The fraction of sp³-hybridized carbons (Fsp3) is 0.176. The summed E-state index contributed by atoms with van der Waals surface area (Å²) in [5.41, 5.74) is 2.13. The maximum atomic E-state index is 11.7. The van der Waals surface area contributed by atoms with E-state index >= 15 is 0 Å². The summed E-state index contributed by atoms with van der Waals surface area (Å²) in [7, 11) is 2.73. The van der Waals surface area contributed by atoms with Crippen LogP contribution in [0.3, 0.4) is 0 Å². The zero-order valence-electron chi connectivity index (χ0n) is 12.4. The molecule has 0 saturated heterocycles. The summed E-state index contributed by atoms with van der Waals surface area (Å²) < 4.78 is 9.44. The van der Waals surface area contributed by atoms with Crippen LogP contribution in [0.1, 0.15) is 26.3 Å². The van der Waals surface area contributed by atoms with Gasteiger partial charge in [-0.25, -0.2) is 9.59 Å². The van der Waals surface area contributed by atoms with Crippen molar-refractivity contribution in [2.45, 2.75) is 10.6 Å². The van der Waals surface area contributed by atoms with E-state index in [-0.39, 0.29) is 11.9 Å². The number of rotatable bonds is 5. The molecule has 0 bridgehead atoms. The zero-order chi connectivity index (χ0) is 15.9. The van der Waals surface area contributed by atoms with Crippen molar-refractivity contribution in [3.63, 3.8) is 0 Å². The van der Waals surface area contributed by atoms with E-state index in [1.807, 2.05) is 30.3 Å². The molecule has 114 valence electrons. The first-order valence-electron chi connectivity index (χ1n) is 6.63. The van der Waals surface area contributed by atoms with Crippen molar-refractivity contribution in [2.24, 2.45) is 0 Å². The first kappa shape index (κ1) is 16.1. The van der Waals surface area contributed by atoms with Gasteiger partial charge in [-0.2, -0.15) is 0 Å². The largest absolute Gasteiger partial charge is 0.465 e. The highest BCUT2D eigenvalue weighted by atomic mass is 32.2. The minimum Gasteiger partial charge on any atom is -0.465 e. The van der Waals surface area contributed by atoms with Crippen LogP contribution < -0.4 is 0 Å². The monoisotopic (exact) mass is 316 g/mol. The van der Waals surface area contributed by atoms with Gasteiger partial charge >= 0.3 is 11.9 Å². The Bertz CT molecular complexity index is 665. The summed E-state index contributed by atoms with van der Waals surface area (Å²) in [6.07, 6.45) is 0. The van der Waals surface area contributed by atoms with E-state index in [2.05, 4.69) is 4.74 Å². The second-order valence-electron chi connectivity index (χ2n) is 4.46. The van der Waals surface area contributed by atoms with Gasteiger partial charge in [0.25, 0.3) is 0 Å². The summed E-state index contributed by atoms with van der Waals surface area (Å²) in [5, 5.41) is 0. The minimum atomic E-state index is -0.352. The third kappa shape index (κ3) is 3.89. The van der Waals surface area contributed by atoms with Crippen LogP contribution in [0.5, 0.6) is 0 Å². The Morgan fingerprint density at radius 1 is 0.909 bits per heavy atom. The number of esters is 2. The third-order valence-corrected chi connectivity index (χ3v) is 4.21. The predicted octanol–water partition coefficient (Wildman–Crippen LogP) is 3.55. The standard InChI is InChI=1S/C17H16O4S/c1-20-16(18)13-9-7-12(8-10-13)11-22-15-6-4-3-5-14(15)17(19)21-2/h3-10H,11H2,1-2H3.